The summed E-state index contributed by atoms with van der Waals surface area (Å²) in [6, 6.07) is 9.83. The maximum Gasteiger partial charge on any atom is 0.343 e. The molecule has 0 bridgehead atoms. The molecule has 0 radical (unpaired) electrons. The maximum atomic E-state index is 12.1. The van der Waals surface area contributed by atoms with Gasteiger partial charge in [0.1, 0.15) is 17.0 Å². The molecule has 28 heavy (non-hydrogen) atoms. The number of aliphatic hydroxyl groups excluding tert-OH is 1. The maximum absolute atomic E-state index is 12.1. The van der Waals surface area contributed by atoms with Gasteiger partial charge in [0.25, 0.3) is 0 Å². The van der Waals surface area contributed by atoms with Crippen LogP contribution in [0.25, 0.3) is 11.8 Å². The Morgan fingerprint density at radius 3 is 2.50 bits per heavy atom. The van der Waals surface area contributed by atoms with Gasteiger partial charge >= 0.3 is 5.97 Å². The second-order valence-electron chi connectivity index (χ2n) is 6.53. The quantitative estimate of drug-likeness (QED) is 0.785. The molecule has 1 aromatic carbocycles. The van der Waals surface area contributed by atoms with E-state index < -0.39 is 5.97 Å². The predicted octanol–water partition coefficient (Wildman–Crippen LogP) is 4.29. The van der Waals surface area contributed by atoms with Crippen LogP contribution in [0.3, 0.4) is 0 Å². The highest BCUT2D eigenvalue weighted by molar-refractivity contribution is 6.22. The Labute approximate surface area is 164 Å². The van der Waals surface area contributed by atoms with Crippen molar-refractivity contribution in [3.05, 3.63) is 64.3 Å². The van der Waals surface area contributed by atoms with E-state index in [9.17, 15) is 9.90 Å². The van der Waals surface area contributed by atoms with Gasteiger partial charge < -0.3 is 19.1 Å². The van der Waals surface area contributed by atoms with Gasteiger partial charge in [0.15, 0.2) is 5.76 Å². The summed E-state index contributed by atoms with van der Waals surface area (Å²) in [7, 11) is 1.64. The van der Waals surface area contributed by atoms with E-state index >= 15 is 0 Å². The van der Waals surface area contributed by atoms with Gasteiger partial charge in [0.05, 0.1) is 19.4 Å². The first kappa shape index (κ1) is 19.5. The molecule has 3 rings (SSSR count). The Kier molecular flexibility index (Phi) is 5.40. The van der Waals surface area contributed by atoms with Crippen LogP contribution in [0.1, 0.15) is 30.8 Å². The lowest BCUT2D eigenvalue weighted by atomic mass is 10.1. The van der Waals surface area contributed by atoms with Crippen molar-refractivity contribution in [1.29, 1.82) is 0 Å². The van der Waals surface area contributed by atoms with Gasteiger partial charge in [-0.05, 0) is 69.7 Å². The molecule has 0 atom stereocenters. The Hall–Kier alpha value is -3.28. The van der Waals surface area contributed by atoms with Gasteiger partial charge in [-0.3, -0.25) is 0 Å². The number of hydrogen-bond donors (Lipinski definition) is 1. The van der Waals surface area contributed by atoms with E-state index in [0.717, 1.165) is 28.4 Å². The van der Waals surface area contributed by atoms with Crippen molar-refractivity contribution in [2.24, 2.45) is 4.99 Å². The van der Waals surface area contributed by atoms with Gasteiger partial charge in [0.2, 0.25) is 0 Å². The van der Waals surface area contributed by atoms with E-state index in [1.807, 2.05) is 44.2 Å². The van der Waals surface area contributed by atoms with Crippen molar-refractivity contribution in [3.63, 3.8) is 0 Å². The molecule has 0 amide bonds. The van der Waals surface area contributed by atoms with Crippen LogP contribution in [0.4, 0.5) is 0 Å². The van der Waals surface area contributed by atoms with Gasteiger partial charge in [-0.1, -0.05) is 0 Å². The van der Waals surface area contributed by atoms with Crippen LogP contribution < -0.4 is 4.74 Å². The van der Waals surface area contributed by atoms with E-state index in [2.05, 4.69) is 9.56 Å². The highest BCUT2D eigenvalue weighted by atomic mass is 16.5. The van der Waals surface area contributed by atoms with Gasteiger partial charge in [0, 0.05) is 17.1 Å². The molecule has 0 unspecified atom stereocenters. The number of nitrogens with zero attached hydrogens (tertiary/aromatic N) is 2. The summed E-state index contributed by atoms with van der Waals surface area (Å²) in [5.74, 6) is 0.0874. The van der Waals surface area contributed by atoms with Crippen LogP contribution in [0, 0.1) is 13.8 Å². The van der Waals surface area contributed by atoms with Crippen LogP contribution in [-0.4, -0.2) is 35.1 Å². The molecule has 6 heteroatoms. The first-order chi connectivity index (χ1) is 13.4. The zero-order valence-electron chi connectivity index (χ0n) is 16.7. The monoisotopic (exact) mass is 380 g/mol. The molecule has 2 heterocycles. The lowest BCUT2D eigenvalue weighted by Crippen LogP contribution is -2.13. The second kappa shape index (κ2) is 7.76. The van der Waals surface area contributed by atoms with E-state index in [1.54, 1.807) is 27.0 Å². The number of methoxy groups -OCH3 is 1. The molecule has 1 aliphatic heterocycles. The number of hydrogen-bond acceptors (Lipinski definition) is 5. The second-order valence-corrected chi connectivity index (χ2v) is 6.53. The van der Waals surface area contributed by atoms with Gasteiger partial charge in [-0.2, -0.15) is 0 Å². The molecule has 1 aliphatic rings. The van der Waals surface area contributed by atoms with Crippen molar-refractivity contribution in [3.8, 4) is 11.4 Å². The average molecular weight is 380 g/mol. The Balaban J connectivity index is 2.01. The first-order valence-corrected chi connectivity index (χ1v) is 9.08. The Morgan fingerprint density at radius 1 is 1.21 bits per heavy atom. The number of carbonyl (C=O) groups excluding carboxylic acids is 1. The zero-order chi connectivity index (χ0) is 20.4. The third-order valence-electron chi connectivity index (χ3n) is 4.70. The number of benzene rings is 1. The fraction of sp³-hybridized carbons (Fsp3) is 0.273. The van der Waals surface area contributed by atoms with Crippen molar-refractivity contribution in [2.45, 2.75) is 27.7 Å². The zero-order valence-corrected chi connectivity index (χ0v) is 16.7. The molecular formula is C22H24N2O4. The number of rotatable bonds is 5. The molecule has 0 fully saturated rings. The Bertz CT molecular complexity index is 1010. The third kappa shape index (κ3) is 3.45. The molecule has 0 spiro atoms. The van der Waals surface area contributed by atoms with Crippen molar-refractivity contribution < 1.29 is 19.4 Å². The summed E-state index contributed by atoms with van der Waals surface area (Å²) in [4.78, 5) is 16.4. The summed E-state index contributed by atoms with van der Waals surface area (Å²) < 4.78 is 12.3. The minimum Gasteiger partial charge on any atom is -0.505 e. The SMILES string of the molecule is CCOC(=O)C1=C(O)/C(=C/c2cc(C)n(-c3ccc(OC)cc3)c2C)N=C1C. The normalized spacial score (nSPS) is 15.2. The summed E-state index contributed by atoms with van der Waals surface area (Å²) in [5.41, 5.74) is 4.90. The number of carbonyl (C=O) groups is 1. The largest absolute Gasteiger partial charge is 0.505 e. The smallest absolute Gasteiger partial charge is 0.343 e. The Morgan fingerprint density at radius 2 is 1.89 bits per heavy atom. The molecule has 0 saturated heterocycles. The van der Waals surface area contributed by atoms with Crippen LogP contribution >= 0.6 is 0 Å². The van der Waals surface area contributed by atoms with Crippen LogP contribution in [0.2, 0.25) is 0 Å². The summed E-state index contributed by atoms with van der Waals surface area (Å²) in [5, 5.41) is 10.5. The number of ether oxygens (including phenoxy) is 2. The standard InChI is InChI=1S/C22H24N2O4/c1-6-28-22(26)20-14(3)23-19(21(20)25)12-16-11-13(2)24(15(16)4)17-7-9-18(27-5)10-8-17/h7-12,25H,6H2,1-5H3/b19-12-. The van der Waals surface area contributed by atoms with E-state index in [1.165, 1.54) is 0 Å². The molecule has 146 valence electrons. The van der Waals surface area contributed by atoms with Gasteiger partial charge in [-0.25, -0.2) is 9.79 Å². The summed E-state index contributed by atoms with van der Waals surface area (Å²) in [6.07, 6.45) is 1.79. The van der Waals surface area contributed by atoms with Crippen LogP contribution in [-0.2, 0) is 9.53 Å². The molecule has 0 aliphatic carbocycles. The summed E-state index contributed by atoms with van der Waals surface area (Å²) in [6.45, 7) is 7.67. The third-order valence-corrected chi connectivity index (χ3v) is 4.70. The molecular weight excluding hydrogens is 356 g/mol. The van der Waals surface area contributed by atoms with Crippen LogP contribution in [0.5, 0.6) is 5.75 Å². The van der Waals surface area contributed by atoms with Crippen molar-refractivity contribution >= 4 is 17.8 Å². The number of aromatic nitrogens is 1. The lowest BCUT2D eigenvalue weighted by molar-refractivity contribution is -0.138. The van der Waals surface area contributed by atoms with Crippen molar-refractivity contribution in [1.82, 2.24) is 4.57 Å². The average Bonchev–Trinajstić information content (AvgIpc) is 3.10. The fourth-order valence-corrected chi connectivity index (χ4v) is 3.35. The lowest BCUT2D eigenvalue weighted by Gasteiger charge is -2.10. The van der Waals surface area contributed by atoms with Gasteiger partial charge in [-0.15, -0.1) is 0 Å². The number of aryl methyl sites for hydroxylation is 1. The molecule has 6 nitrogen and oxygen atoms in total. The number of esters is 1. The van der Waals surface area contributed by atoms with Crippen molar-refractivity contribution in [2.75, 3.05) is 13.7 Å². The molecule has 1 aromatic heterocycles. The van der Waals surface area contributed by atoms with E-state index in [4.69, 9.17) is 9.47 Å². The highest BCUT2D eigenvalue weighted by Gasteiger charge is 2.28. The van der Waals surface area contributed by atoms with E-state index in [0.29, 0.717) is 11.4 Å². The highest BCUT2D eigenvalue weighted by Crippen LogP contribution is 2.29. The van der Waals surface area contributed by atoms with E-state index in [-0.39, 0.29) is 17.9 Å². The first-order valence-electron chi connectivity index (χ1n) is 9.08. The molecule has 2 aromatic rings. The minimum absolute atomic E-state index is 0.122. The summed E-state index contributed by atoms with van der Waals surface area (Å²) >= 11 is 0. The fourth-order valence-electron chi connectivity index (χ4n) is 3.35. The molecule has 1 N–H and O–H groups in total. The van der Waals surface area contributed by atoms with Crippen LogP contribution in [0.15, 0.2) is 52.4 Å². The predicted molar refractivity (Wildman–Crippen MR) is 109 cm³/mol. The number of aliphatic hydroxyl groups is 1. The topological polar surface area (TPSA) is 73.0 Å². The number of aliphatic imine (C=N–C) groups is 1. The molecule has 0 saturated carbocycles. The minimum atomic E-state index is -0.562.